The van der Waals surface area contributed by atoms with Crippen molar-refractivity contribution in [1.29, 1.82) is 0 Å². The van der Waals surface area contributed by atoms with Gasteiger partial charge in [0.15, 0.2) is 0 Å². The van der Waals surface area contributed by atoms with E-state index < -0.39 is 0 Å². The van der Waals surface area contributed by atoms with E-state index in [9.17, 15) is 9.59 Å². The average Bonchev–Trinajstić information content (AvgIpc) is 2.96. The highest BCUT2D eigenvalue weighted by Gasteiger charge is 2.37. The molecule has 2 amide bonds. The molecule has 0 aromatic heterocycles. The standard InChI is InChI=1S/C23H26ClN3O2/c1-3-26-20-14-16(22(28)25-19-11-9-17(24)13-15(19)2)8-10-18(20)23(29)27-12-6-4-5-7-21(26)27/h8-11,13-14,21H,3-7,12H2,1-2H3,(H,25,28). The Labute approximate surface area is 176 Å². The number of anilines is 2. The maximum Gasteiger partial charge on any atom is 0.257 e. The summed E-state index contributed by atoms with van der Waals surface area (Å²) in [7, 11) is 0. The van der Waals surface area contributed by atoms with Crippen molar-refractivity contribution in [2.75, 3.05) is 23.3 Å². The average molecular weight is 412 g/mol. The molecule has 152 valence electrons. The third-order valence-electron chi connectivity index (χ3n) is 5.92. The van der Waals surface area contributed by atoms with Crippen molar-refractivity contribution in [3.05, 3.63) is 58.1 Å². The van der Waals surface area contributed by atoms with E-state index in [1.165, 1.54) is 0 Å². The molecule has 2 aromatic carbocycles. The number of amides is 2. The van der Waals surface area contributed by atoms with Crippen molar-refractivity contribution in [3.8, 4) is 0 Å². The number of nitrogens with one attached hydrogen (secondary N) is 1. The molecule has 1 saturated heterocycles. The zero-order valence-corrected chi connectivity index (χ0v) is 17.6. The Bertz CT molecular complexity index is 959. The third kappa shape index (κ3) is 3.71. The molecule has 29 heavy (non-hydrogen) atoms. The van der Waals surface area contributed by atoms with Crippen LogP contribution in [0.1, 0.15) is 58.9 Å². The fraction of sp³-hybridized carbons (Fsp3) is 0.391. The summed E-state index contributed by atoms with van der Waals surface area (Å²) in [5, 5.41) is 3.60. The first kappa shape index (κ1) is 19.8. The van der Waals surface area contributed by atoms with E-state index in [2.05, 4.69) is 17.1 Å². The number of nitrogens with zero attached hydrogens (tertiary/aromatic N) is 2. The fourth-order valence-corrected chi connectivity index (χ4v) is 4.63. The van der Waals surface area contributed by atoms with Crippen LogP contribution in [0.25, 0.3) is 0 Å². The lowest BCUT2D eigenvalue weighted by atomic mass is 10.0. The van der Waals surface area contributed by atoms with Gasteiger partial charge >= 0.3 is 0 Å². The highest BCUT2D eigenvalue weighted by Crippen LogP contribution is 2.35. The lowest BCUT2D eigenvalue weighted by Crippen LogP contribution is -2.55. The van der Waals surface area contributed by atoms with Crippen LogP contribution in [0.15, 0.2) is 36.4 Å². The second kappa shape index (κ2) is 8.07. The molecule has 0 bridgehead atoms. The highest BCUT2D eigenvalue weighted by atomic mass is 35.5. The van der Waals surface area contributed by atoms with E-state index in [1.807, 2.05) is 24.0 Å². The van der Waals surface area contributed by atoms with Crippen LogP contribution in [0.2, 0.25) is 5.02 Å². The van der Waals surface area contributed by atoms with Crippen molar-refractivity contribution in [2.24, 2.45) is 0 Å². The molecule has 2 heterocycles. The molecule has 6 heteroatoms. The van der Waals surface area contributed by atoms with Crippen LogP contribution in [-0.4, -0.2) is 36.0 Å². The Balaban J connectivity index is 1.66. The van der Waals surface area contributed by atoms with E-state index in [0.717, 1.165) is 55.7 Å². The first-order valence-corrected chi connectivity index (χ1v) is 10.7. The van der Waals surface area contributed by atoms with Gasteiger partial charge < -0.3 is 15.1 Å². The fourth-order valence-electron chi connectivity index (χ4n) is 4.40. The molecule has 5 nitrogen and oxygen atoms in total. The number of halogens is 1. The van der Waals surface area contributed by atoms with E-state index >= 15 is 0 Å². The van der Waals surface area contributed by atoms with Crippen molar-refractivity contribution < 1.29 is 9.59 Å². The largest absolute Gasteiger partial charge is 0.351 e. The summed E-state index contributed by atoms with van der Waals surface area (Å²) in [5.74, 6) is -0.109. The summed E-state index contributed by atoms with van der Waals surface area (Å²) in [6.45, 7) is 5.61. The van der Waals surface area contributed by atoms with Gasteiger partial charge in [0.1, 0.15) is 6.17 Å². The predicted octanol–water partition coefficient (Wildman–Crippen LogP) is 5.08. The third-order valence-corrected chi connectivity index (χ3v) is 6.15. The van der Waals surface area contributed by atoms with Crippen LogP contribution in [0, 0.1) is 6.92 Å². The second-order valence-corrected chi connectivity index (χ2v) is 8.20. The highest BCUT2D eigenvalue weighted by molar-refractivity contribution is 6.30. The van der Waals surface area contributed by atoms with Crippen molar-refractivity contribution >= 4 is 34.8 Å². The van der Waals surface area contributed by atoms with Crippen LogP contribution < -0.4 is 10.2 Å². The molecule has 0 spiro atoms. The first-order chi connectivity index (χ1) is 14.0. The molecular formula is C23H26ClN3O2. The number of benzene rings is 2. The molecule has 2 aliphatic rings. The number of carbonyl (C=O) groups excluding carboxylic acids is 2. The van der Waals surface area contributed by atoms with Gasteiger partial charge in [0, 0.05) is 29.4 Å². The second-order valence-electron chi connectivity index (χ2n) is 7.76. The lowest BCUT2D eigenvalue weighted by molar-refractivity contribution is 0.0656. The smallest absolute Gasteiger partial charge is 0.257 e. The van der Waals surface area contributed by atoms with Gasteiger partial charge in [0.25, 0.3) is 11.8 Å². The van der Waals surface area contributed by atoms with Crippen LogP contribution >= 0.6 is 11.6 Å². The number of carbonyl (C=O) groups is 2. The van der Waals surface area contributed by atoms with Gasteiger partial charge in [-0.25, -0.2) is 0 Å². The van der Waals surface area contributed by atoms with E-state index in [-0.39, 0.29) is 18.0 Å². The molecule has 2 aliphatic heterocycles. The maximum atomic E-state index is 13.1. The molecule has 1 atom stereocenters. The minimum atomic E-state index is -0.190. The van der Waals surface area contributed by atoms with Gasteiger partial charge in [-0.3, -0.25) is 9.59 Å². The van der Waals surface area contributed by atoms with E-state index in [1.54, 1.807) is 24.3 Å². The van der Waals surface area contributed by atoms with Crippen LogP contribution in [0.3, 0.4) is 0 Å². The predicted molar refractivity (Wildman–Crippen MR) is 117 cm³/mol. The Morgan fingerprint density at radius 3 is 2.76 bits per heavy atom. The van der Waals surface area contributed by atoms with Crippen LogP contribution in [0.5, 0.6) is 0 Å². The Kier molecular flexibility index (Phi) is 5.50. The van der Waals surface area contributed by atoms with Crippen molar-refractivity contribution in [1.82, 2.24) is 4.90 Å². The lowest BCUT2D eigenvalue weighted by Gasteiger charge is -2.44. The Morgan fingerprint density at radius 2 is 2.00 bits per heavy atom. The molecule has 1 N–H and O–H groups in total. The summed E-state index contributed by atoms with van der Waals surface area (Å²) in [5.41, 5.74) is 3.73. The summed E-state index contributed by atoms with van der Waals surface area (Å²) in [6.07, 6.45) is 4.38. The minimum Gasteiger partial charge on any atom is -0.351 e. The molecule has 0 aliphatic carbocycles. The number of rotatable bonds is 3. The van der Waals surface area contributed by atoms with Gasteiger partial charge in [-0.1, -0.05) is 18.0 Å². The van der Waals surface area contributed by atoms with Crippen LogP contribution in [0.4, 0.5) is 11.4 Å². The number of aryl methyl sites for hydroxylation is 1. The molecular weight excluding hydrogens is 386 g/mol. The summed E-state index contributed by atoms with van der Waals surface area (Å²) in [4.78, 5) is 30.3. The number of hydrogen-bond donors (Lipinski definition) is 1. The van der Waals surface area contributed by atoms with Crippen molar-refractivity contribution in [3.63, 3.8) is 0 Å². The summed E-state index contributed by atoms with van der Waals surface area (Å²) >= 11 is 6.01. The van der Waals surface area contributed by atoms with E-state index in [4.69, 9.17) is 11.6 Å². The van der Waals surface area contributed by atoms with Gasteiger partial charge in [0.2, 0.25) is 0 Å². The topological polar surface area (TPSA) is 52.7 Å². The molecule has 0 radical (unpaired) electrons. The van der Waals surface area contributed by atoms with Gasteiger partial charge in [0.05, 0.1) is 11.3 Å². The maximum absolute atomic E-state index is 13.1. The quantitative estimate of drug-likeness (QED) is 0.765. The normalized spacial score (nSPS) is 18.7. The zero-order valence-electron chi connectivity index (χ0n) is 16.9. The van der Waals surface area contributed by atoms with E-state index in [0.29, 0.717) is 16.1 Å². The number of fused-ring (bicyclic) bond motifs is 2. The Morgan fingerprint density at radius 1 is 1.17 bits per heavy atom. The zero-order chi connectivity index (χ0) is 20.5. The molecule has 2 aromatic rings. The number of hydrogen-bond acceptors (Lipinski definition) is 3. The summed E-state index contributed by atoms with van der Waals surface area (Å²) < 4.78 is 0. The first-order valence-electron chi connectivity index (χ1n) is 10.3. The molecule has 4 rings (SSSR count). The molecule has 1 fully saturated rings. The minimum absolute atomic E-state index is 0.0807. The summed E-state index contributed by atoms with van der Waals surface area (Å²) in [6, 6.07) is 10.8. The van der Waals surface area contributed by atoms with Gasteiger partial charge in [-0.2, -0.15) is 0 Å². The van der Waals surface area contributed by atoms with Crippen molar-refractivity contribution in [2.45, 2.75) is 45.7 Å². The molecule has 0 saturated carbocycles. The molecule has 1 unspecified atom stereocenters. The SMILES string of the molecule is CCN1c2cc(C(=O)Nc3ccc(Cl)cc3C)ccc2C(=O)N2CCCCCC21. The van der Waals surface area contributed by atoms with Crippen LogP contribution in [-0.2, 0) is 0 Å². The Hall–Kier alpha value is -2.53. The van der Waals surface area contributed by atoms with Gasteiger partial charge in [-0.05, 0) is 75.1 Å². The van der Waals surface area contributed by atoms with Gasteiger partial charge in [-0.15, -0.1) is 0 Å². The monoisotopic (exact) mass is 411 g/mol.